The molecule has 0 atom stereocenters. The van der Waals surface area contributed by atoms with Crippen LogP contribution in [0.4, 0.5) is 5.69 Å². The molecule has 0 spiro atoms. The smallest absolute Gasteiger partial charge is 0.291 e. The van der Waals surface area contributed by atoms with Gasteiger partial charge in [-0.3, -0.25) is 4.79 Å². The SMILES string of the molecule is Cc1ccc(NC(=O)c2cc3ccc(C)cc3o2)cc1. The first-order valence-electron chi connectivity index (χ1n) is 6.50. The Morgan fingerprint density at radius 3 is 2.40 bits per heavy atom. The maximum atomic E-state index is 12.1. The van der Waals surface area contributed by atoms with E-state index in [1.54, 1.807) is 6.07 Å². The zero-order chi connectivity index (χ0) is 14.1. The average molecular weight is 265 g/mol. The molecular formula is C17H15NO2. The van der Waals surface area contributed by atoms with Crippen LogP contribution in [0.25, 0.3) is 11.0 Å². The van der Waals surface area contributed by atoms with E-state index >= 15 is 0 Å². The van der Waals surface area contributed by atoms with Gasteiger partial charge in [0.1, 0.15) is 5.58 Å². The van der Waals surface area contributed by atoms with Crippen LogP contribution in [0.5, 0.6) is 0 Å². The van der Waals surface area contributed by atoms with Crippen LogP contribution in [0, 0.1) is 13.8 Å². The van der Waals surface area contributed by atoms with E-state index in [9.17, 15) is 4.79 Å². The number of hydrogen-bond acceptors (Lipinski definition) is 2. The second-order valence-corrected chi connectivity index (χ2v) is 4.97. The summed E-state index contributed by atoms with van der Waals surface area (Å²) >= 11 is 0. The van der Waals surface area contributed by atoms with Gasteiger partial charge >= 0.3 is 0 Å². The van der Waals surface area contributed by atoms with E-state index in [2.05, 4.69) is 5.32 Å². The van der Waals surface area contributed by atoms with Crippen molar-refractivity contribution in [1.29, 1.82) is 0 Å². The molecule has 0 radical (unpaired) electrons. The summed E-state index contributed by atoms with van der Waals surface area (Å²) in [6.45, 7) is 4.00. The lowest BCUT2D eigenvalue weighted by Crippen LogP contribution is -2.10. The van der Waals surface area contributed by atoms with Crippen LogP contribution in [0.3, 0.4) is 0 Å². The maximum Gasteiger partial charge on any atom is 0.291 e. The Kier molecular flexibility index (Phi) is 3.03. The van der Waals surface area contributed by atoms with E-state index in [4.69, 9.17) is 4.42 Å². The first-order valence-corrected chi connectivity index (χ1v) is 6.50. The summed E-state index contributed by atoms with van der Waals surface area (Å²) in [5.74, 6) is 0.0916. The number of carbonyl (C=O) groups excluding carboxylic acids is 1. The number of nitrogens with one attached hydrogen (secondary N) is 1. The van der Waals surface area contributed by atoms with Crippen LogP contribution in [-0.2, 0) is 0 Å². The summed E-state index contributed by atoms with van der Waals surface area (Å²) in [4.78, 5) is 12.1. The third-order valence-electron chi connectivity index (χ3n) is 3.21. The van der Waals surface area contributed by atoms with Gasteiger partial charge in [0.15, 0.2) is 5.76 Å². The molecule has 0 aliphatic rings. The molecule has 1 heterocycles. The Balaban J connectivity index is 1.86. The molecule has 1 amide bonds. The zero-order valence-corrected chi connectivity index (χ0v) is 11.4. The average Bonchev–Trinajstić information content (AvgIpc) is 2.84. The molecule has 3 heteroatoms. The third kappa shape index (κ3) is 2.43. The topological polar surface area (TPSA) is 42.2 Å². The van der Waals surface area contributed by atoms with E-state index in [1.165, 1.54) is 0 Å². The number of anilines is 1. The van der Waals surface area contributed by atoms with E-state index < -0.39 is 0 Å². The molecule has 0 aliphatic heterocycles. The van der Waals surface area contributed by atoms with Gasteiger partial charge in [0, 0.05) is 11.1 Å². The van der Waals surface area contributed by atoms with Gasteiger partial charge in [-0.05, 0) is 43.7 Å². The fraction of sp³-hybridized carbons (Fsp3) is 0.118. The minimum Gasteiger partial charge on any atom is -0.451 e. The molecule has 0 aliphatic carbocycles. The molecule has 2 aromatic carbocycles. The molecule has 3 aromatic rings. The number of rotatable bonds is 2. The van der Waals surface area contributed by atoms with Gasteiger partial charge in [-0.2, -0.15) is 0 Å². The second kappa shape index (κ2) is 4.85. The van der Waals surface area contributed by atoms with Gasteiger partial charge in [-0.15, -0.1) is 0 Å². The van der Waals surface area contributed by atoms with Crippen LogP contribution in [0.15, 0.2) is 52.9 Å². The van der Waals surface area contributed by atoms with Crippen molar-refractivity contribution in [2.24, 2.45) is 0 Å². The van der Waals surface area contributed by atoms with Crippen LogP contribution in [-0.4, -0.2) is 5.91 Å². The molecule has 0 bridgehead atoms. The monoisotopic (exact) mass is 265 g/mol. The summed E-state index contributed by atoms with van der Waals surface area (Å²) in [6, 6.07) is 15.3. The van der Waals surface area contributed by atoms with Crippen LogP contribution in [0.2, 0.25) is 0 Å². The summed E-state index contributed by atoms with van der Waals surface area (Å²) in [5.41, 5.74) is 3.76. The highest BCUT2D eigenvalue weighted by molar-refractivity contribution is 6.04. The molecule has 0 saturated heterocycles. The lowest BCUT2D eigenvalue weighted by atomic mass is 10.2. The number of benzene rings is 2. The van der Waals surface area contributed by atoms with Crippen molar-refractivity contribution < 1.29 is 9.21 Å². The highest BCUT2D eigenvalue weighted by Crippen LogP contribution is 2.21. The first kappa shape index (κ1) is 12.5. The summed E-state index contributed by atoms with van der Waals surface area (Å²) in [7, 11) is 0. The van der Waals surface area contributed by atoms with Crippen molar-refractivity contribution in [2.45, 2.75) is 13.8 Å². The van der Waals surface area contributed by atoms with Gasteiger partial charge in [0.05, 0.1) is 0 Å². The summed E-state index contributed by atoms with van der Waals surface area (Å²) < 4.78 is 5.59. The number of furan rings is 1. The van der Waals surface area contributed by atoms with Gasteiger partial charge in [0.25, 0.3) is 5.91 Å². The molecular weight excluding hydrogens is 250 g/mol. The molecule has 1 N–H and O–H groups in total. The van der Waals surface area contributed by atoms with Crippen LogP contribution >= 0.6 is 0 Å². The quantitative estimate of drug-likeness (QED) is 0.750. The van der Waals surface area contributed by atoms with Gasteiger partial charge in [0.2, 0.25) is 0 Å². The molecule has 0 fully saturated rings. The highest BCUT2D eigenvalue weighted by atomic mass is 16.3. The zero-order valence-electron chi connectivity index (χ0n) is 11.4. The van der Waals surface area contributed by atoms with E-state index in [1.807, 2.05) is 56.3 Å². The Labute approximate surface area is 117 Å². The Morgan fingerprint density at radius 1 is 0.950 bits per heavy atom. The predicted octanol–water partition coefficient (Wildman–Crippen LogP) is 4.30. The van der Waals surface area contributed by atoms with Crippen molar-refractivity contribution in [1.82, 2.24) is 0 Å². The van der Waals surface area contributed by atoms with E-state index in [-0.39, 0.29) is 5.91 Å². The second-order valence-electron chi connectivity index (χ2n) is 4.97. The first-order chi connectivity index (χ1) is 9.61. The molecule has 0 saturated carbocycles. The lowest BCUT2D eigenvalue weighted by Gasteiger charge is -2.02. The van der Waals surface area contributed by atoms with Crippen molar-refractivity contribution in [3.63, 3.8) is 0 Å². The number of amides is 1. The number of fused-ring (bicyclic) bond motifs is 1. The third-order valence-corrected chi connectivity index (χ3v) is 3.21. The largest absolute Gasteiger partial charge is 0.451 e. The molecule has 100 valence electrons. The van der Waals surface area contributed by atoms with Crippen LogP contribution < -0.4 is 5.32 Å². The highest BCUT2D eigenvalue weighted by Gasteiger charge is 2.12. The standard InChI is InChI=1S/C17H15NO2/c1-11-4-7-14(8-5-11)18-17(19)16-10-13-6-3-12(2)9-15(13)20-16/h3-10H,1-2H3,(H,18,19). The number of aryl methyl sites for hydroxylation is 2. The number of carbonyl (C=O) groups is 1. The van der Waals surface area contributed by atoms with Crippen molar-refractivity contribution in [3.05, 3.63) is 65.4 Å². The summed E-state index contributed by atoms with van der Waals surface area (Å²) in [6.07, 6.45) is 0. The fourth-order valence-corrected chi connectivity index (χ4v) is 2.08. The molecule has 20 heavy (non-hydrogen) atoms. The Hall–Kier alpha value is -2.55. The number of hydrogen-bond donors (Lipinski definition) is 1. The Morgan fingerprint density at radius 2 is 1.65 bits per heavy atom. The lowest BCUT2D eigenvalue weighted by molar-refractivity contribution is 0.0998. The molecule has 1 aromatic heterocycles. The van der Waals surface area contributed by atoms with E-state index in [0.29, 0.717) is 5.76 Å². The fourth-order valence-electron chi connectivity index (χ4n) is 2.08. The molecule has 0 unspecified atom stereocenters. The van der Waals surface area contributed by atoms with Crippen molar-refractivity contribution in [2.75, 3.05) is 5.32 Å². The summed E-state index contributed by atoms with van der Waals surface area (Å²) in [5, 5.41) is 3.76. The molecule has 3 nitrogen and oxygen atoms in total. The van der Waals surface area contributed by atoms with Gasteiger partial charge < -0.3 is 9.73 Å². The van der Waals surface area contributed by atoms with Crippen molar-refractivity contribution >= 4 is 22.6 Å². The Bertz CT molecular complexity index is 769. The minimum absolute atomic E-state index is 0.234. The predicted molar refractivity (Wildman–Crippen MR) is 80.1 cm³/mol. The van der Waals surface area contributed by atoms with Crippen molar-refractivity contribution in [3.8, 4) is 0 Å². The normalized spacial score (nSPS) is 10.7. The van der Waals surface area contributed by atoms with Gasteiger partial charge in [-0.25, -0.2) is 0 Å². The molecule has 3 rings (SSSR count). The van der Waals surface area contributed by atoms with Gasteiger partial charge in [-0.1, -0.05) is 29.8 Å². The van der Waals surface area contributed by atoms with E-state index in [0.717, 1.165) is 27.8 Å². The minimum atomic E-state index is -0.234. The van der Waals surface area contributed by atoms with Crippen LogP contribution in [0.1, 0.15) is 21.7 Å². The maximum absolute atomic E-state index is 12.1.